The highest BCUT2D eigenvalue weighted by atomic mass is 35.5. The van der Waals surface area contributed by atoms with E-state index in [4.69, 9.17) is 31.0 Å². The average molecular weight is 878 g/mol. The topological polar surface area (TPSA) is 169 Å². The molecule has 3 N–H and O–H groups in total. The summed E-state index contributed by atoms with van der Waals surface area (Å²) in [5.41, 5.74) is 1.15. The Bertz CT molecular complexity index is 2440. The van der Waals surface area contributed by atoms with Crippen LogP contribution < -0.4 is 24.8 Å². The second kappa shape index (κ2) is 15.8. The lowest BCUT2D eigenvalue weighted by molar-refractivity contribution is -0.141. The number of carbonyl (C=O) groups is 3. The zero-order chi connectivity index (χ0) is 42.9. The van der Waals surface area contributed by atoms with E-state index in [-0.39, 0.29) is 36.6 Å². The number of methoxy groups -OCH3 is 1. The molecule has 0 spiro atoms. The number of pyridine rings is 1. The number of hydrogen-bond acceptors (Lipinski definition) is 11. The fraction of sp³-hybridized carbons (Fsp3) is 0.523. The van der Waals surface area contributed by atoms with E-state index in [1.54, 1.807) is 31.4 Å². The van der Waals surface area contributed by atoms with E-state index in [2.05, 4.69) is 29.2 Å². The van der Waals surface area contributed by atoms with Crippen LogP contribution in [0.25, 0.3) is 21.5 Å². The monoisotopic (exact) mass is 876 g/mol. The number of halogens is 1. The zero-order valence-electron chi connectivity index (χ0n) is 35.0. The highest BCUT2D eigenvalue weighted by molar-refractivity contribution is 7.91. The first-order valence-corrected chi connectivity index (χ1v) is 23.5. The van der Waals surface area contributed by atoms with Crippen LogP contribution >= 0.6 is 22.9 Å². The first kappa shape index (κ1) is 42.2. The van der Waals surface area contributed by atoms with Gasteiger partial charge in [0.2, 0.25) is 27.7 Å². The summed E-state index contributed by atoms with van der Waals surface area (Å²) >= 11 is 7.69. The fourth-order valence-electron chi connectivity index (χ4n) is 8.37. The number of hydrogen-bond donors (Lipinski definition) is 3. The van der Waals surface area contributed by atoms with Crippen molar-refractivity contribution < 1.29 is 32.3 Å². The summed E-state index contributed by atoms with van der Waals surface area (Å²) in [7, 11) is -2.24. The number of carbonyl (C=O) groups excluding carboxylic acids is 3. The van der Waals surface area contributed by atoms with Gasteiger partial charge in [0, 0.05) is 27.9 Å². The maximum atomic E-state index is 15.0. The molecule has 3 aliphatic carbocycles. The van der Waals surface area contributed by atoms with Gasteiger partial charge in [-0.2, -0.15) is 0 Å². The van der Waals surface area contributed by atoms with E-state index in [0.29, 0.717) is 47.3 Å². The number of aromatic nitrogens is 2. The van der Waals surface area contributed by atoms with Gasteiger partial charge in [0.15, 0.2) is 0 Å². The number of nitrogens with zero attached hydrogens (tertiary/aromatic N) is 3. The highest BCUT2D eigenvalue weighted by Crippen LogP contribution is 2.57. The molecule has 3 heterocycles. The molecule has 5 atom stereocenters. The Kier molecular flexibility index (Phi) is 11.1. The number of thiazole rings is 1. The SMILES string of the molecule is COc1ccc2c(O[C@@H]3CC(C(=O)N[C@]4(C(=O)NS(=O)(=O)C5CC5)C[C@H]4C4CC4)N(C(=O)[C@@H](Nc4ccc(Cl)cc4)C(C)(C)C)C3)nc(-c3nc(C(C)C)cs3)cc2c1C. The molecule has 60 heavy (non-hydrogen) atoms. The number of likely N-dealkylation sites (tertiary alicyclic amines) is 1. The Hall–Kier alpha value is -4.47. The van der Waals surface area contributed by atoms with Crippen molar-refractivity contribution in [2.75, 3.05) is 19.0 Å². The molecule has 4 fully saturated rings. The Labute approximate surface area is 360 Å². The van der Waals surface area contributed by atoms with Crippen LogP contribution in [0.2, 0.25) is 5.02 Å². The molecule has 0 radical (unpaired) electrons. The molecule has 1 aliphatic heterocycles. The number of fused-ring (bicyclic) bond motifs is 1. The van der Waals surface area contributed by atoms with E-state index < -0.39 is 56.2 Å². The van der Waals surface area contributed by atoms with Crippen LogP contribution in [-0.4, -0.2) is 83.6 Å². The molecule has 4 aliphatic rings. The van der Waals surface area contributed by atoms with E-state index in [0.717, 1.165) is 39.9 Å². The highest BCUT2D eigenvalue weighted by Gasteiger charge is 2.67. The quantitative estimate of drug-likeness (QED) is 0.118. The summed E-state index contributed by atoms with van der Waals surface area (Å²) in [6.07, 6.45) is 2.55. The van der Waals surface area contributed by atoms with E-state index >= 15 is 0 Å². The third-order valence-corrected chi connectivity index (χ3v) is 15.3. The first-order valence-electron chi connectivity index (χ1n) is 20.7. The summed E-state index contributed by atoms with van der Waals surface area (Å²) in [5.74, 6) is -0.283. The molecular formula is C44H53ClN6O7S2. The summed E-state index contributed by atoms with van der Waals surface area (Å²) in [6, 6.07) is 11.0. The standard InChI is InChI=1S/C44H53ClN6O7S2/c1-23(2)34-22-59-40(48-34)33-19-31-24(3)36(57-7)17-16-30(31)39(47-33)58-28-18-35(51(21-28)41(53)37(43(4,5)6)46-27-12-10-26(45)11-13-27)38(52)49-44(20-32(44)25-8-9-25)42(54)50-60(55,56)29-14-15-29/h10-13,16-17,19,22-23,25,28-29,32,35,37,46H,8-9,14-15,18,20-21H2,1-7H3,(H,49,52)(H,50,54)/t28-,32+,35?,37-,44-/m1/s1. The molecule has 8 rings (SSSR count). The second-order valence-electron chi connectivity index (χ2n) is 18.2. The number of anilines is 1. The van der Waals surface area contributed by atoms with Crippen molar-refractivity contribution in [3.8, 4) is 22.3 Å². The van der Waals surface area contributed by atoms with Crippen LogP contribution in [-0.2, 0) is 24.4 Å². The number of sulfonamides is 1. The zero-order valence-corrected chi connectivity index (χ0v) is 37.4. The van der Waals surface area contributed by atoms with Gasteiger partial charge in [-0.25, -0.2) is 18.4 Å². The van der Waals surface area contributed by atoms with Crippen LogP contribution in [0.4, 0.5) is 5.69 Å². The second-order valence-corrected chi connectivity index (χ2v) is 21.5. The van der Waals surface area contributed by atoms with Crippen LogP contribution in [0.5, 0.6) is 11.6 Å². The number of benzene rings is 2. The Balaban J connectivity index is 1.14. The van der Waals surface area contributed by atoms with Crippen LogP contribution in [0.1, 0.15) is 90.3 Å². The van der Waals surface area contributed by atoms with Crippen molar-refractivity contribution >= 4 is 67.1 Å². The Morgan fingerprint density at radius 2 is 1.73 bits per heavy atom. The molecule has 13 nitrogen and oxygen atoms in total. The molecule has 3 saturated carbocycles. The molecule has 4 aromatic rings. The van der Waals surface area contributed by atoms with E-state index in [1.807, 2.05) is 51.3 Å². The van der Waals surface area contributed by atoms with Crippen molar-refractivity contribution in [3.05, 3.63) is 64.1 Å². The van der Waals surface area contributed by atoms with Gasteiger partial charge in [-0.15, -0.1) is 11.3 Å². The number of rotatable bonds is 14. The summed E-state index contributed by atoms with van der Waals surface area (Å²) in [6.45, 7) is 12.0. The van der Waals surface area contributed by atoms with Crippen LogP contribution in [0.15, 0.2) is 47.8 Å². The van der Waals surface area contributed by atoms with Crippen molar-refractivity contribution in [2.24, 2.45) is 17.3 Å². The number of nitrogens with one attached hydrogen (secondary N) is 3. The molecule has 2 aromatic carbocycles. The lowest BCUT2D eigenvalue weighted by atomic mass is 9.85. The molecule has 1 saturated heterocycles. The Morgan fingerprint density at radius 3 is 2.35 bits per heavy atom. The lowest BCUT2D eigenvalue weighted by Gasteiger charge is -2.36. The average Bonchev–Trinajstić information content (AvgIpc) is 4.14. The Morgan fingerprint density at radius 1 is 1.02 bits per heavy atom. The lowest BCUT2D eigenvalue weighted by Crippen LogP contribution is -2.58. The molecule has 2 aromatic heterocycles. The minimum atomic E-state index is -3.86. The summed E-state index contributed by atoms with van der Waals surface area (Å²) < 4.78 is 40.7. The minimum Gasteiger partial charge on any atom is -0.496 e. The minimum absolute atomic E-state index is 0.0460. The normalized spacial score (nSPS) is 23.4. The molecule has 1 unspecified atom stereocenters. The molecule has 0 bridgehead atoms. The predicted molar refractivity (Wildman–Crippen MR) is 233 cm³/mol. The maximum Gasteiger partial charge on any atom is 0.259 e. The van der Waals surface area contributed by atoms with Crippen LogP contribution in [0.3, 0.4) is 0 Å². The van der Waals surface area contributed by atoms with Crippen LogP contribution in [0, 0.1) is 24.2 Å². The van der Waals surface area contributed by atoms with Gasteiger partial charge in [0.1, 0.15) is 40.2 Å². The smallest absolute Gasteiger partial charge is 0.259 e. The van der Waals surface area contributed by atoms with Crippen molar-refractivity contribution in [3.63, 3.8) is 0 Å². The first-order chi connectivity index (χ1) is 28.4. The van der Waals surface area contributed by atoms with Crippen molar-refractivity contribution in [2.45, 2.75) is 115 Å². The van der Waals surface area contributed by atoms with Gasteiger partial charge in [-0.1, -0.05) is 46.2 Å². The van der Waals surface area contributed by atoms with Gasteiger partial charge in [0.25, 0.3) is 5.91 Å². The van der Waals surface area contributed by atoms with E-state index in [9.17, 15) is 22.8 Å². The van der Waals surface area contributed by atoms with Gasteiger partial charge >= 0.3 is 0 Å². The van der Waals surface area contributed by atoms with Crippen molar-refractivity contribution in [1.82, 2.24) is 24.9 Å². The fourth-order valence-corrected chi connectivity index (χ4v) is 10.8. The van der Waals surface area contributed by atoms with E-state index in [1.165, 1.54) is 16.2 Å². The number of amides is 3. The summed E-state index contributed by atoms with van der Waals surface area (Å²) in [5, 5.41) is 10.7. The number of ether oxygens (including phenoxy) is 2. The molecule has 3 amide bonds. The largest absolute Gasteiger partial charge is 0.496 e. The number of aryl methyl sites for hydroxylation is 1. The van der Waals surface area contributed by atoms with Gasteiger partial charge in [-0.05, 0) is 116 Å². The van der Waals surface area contributed by atoms with Crippen molar-refractivity contribution in [1.29, 1.82) is 0 Å². The summed E-state index contributed by atoms with van der Waals surface area (Å²) in [4.78, 5) is 55.0. The molecular weight excluding hydrogens is 824 g/mol. The molecule has 16 heteroatoms. The maximum absolute atomic E-state index is 15.0. The van der Waals surface area contributed by atoms with Gasteiger partial charge < -0.3 is 25.0 Å². The van der Waals surface area contributed by atoms with Gasteiger partial charge in [-0.3, -0.25) is 19.1 Å². The third kappa shape index (κ3) is 8.41. The third-order valence-electron chi connectivity index (χ3n) is 12.3. The molecule has 320 valence electrons. The van der Waals surface area contributed by atoms with Gasteiger partial charge in [0.05, 0.1) is 24.6 Å². The predicted octanol–water partition coefficient (Wildman–Crippen LogP) is 7.22.